The average Bonchev–Trinajstić information content (AvgIpc) is 3.17. The summed E-state index contributed by atoms with van der Waals surface area (Å²) in [5.41, 5.74) is 2.79. The third kappa shape index (κ3) is 5.81. The molecule has 0 unspecified atom stereocenters. The Morgan fingerprint density at radius 3 is 2.43 bits per heavy atom. The van der Waals surface area contributed by atoms with Crippen LogP contribution in [0.3, 0.4) is 0 Å². The molecule has 2 N–H and O–H groups in total. The summed E-state index contributed by atoms with van der Waals surface area (Å²) in [4.78, 5) is 10.4. The van der Waals surface area contributed by atoms with E-state index in [1.165, 1.54) is 0 Å². The van der Waals surface area contributed by atoms with Crippen LogP contribution in [0.2, 0.25) is 0 Å². The molecule has 0 aliphatic carbocycles. The molecule has 1 aromatic heterocycles. The van der Waals surface area contributed by atoms with E-state index in [0.717, 1.165) is 17.0 Å². The average molecular weight is 324 g/mol. The summed E-state index contributed by atoms with van der Waals surface area (Å²) in [6.45, 7) is 0. The van der Waals surface area contributed by atoms with Gasteiger partial charge in [-0.3, -0.25) is 9.89 Å². The molecule has 0 aliphatic rings. The minimum absolute atomic E-state index is 0. The first kappa shape index (κ1) is 17.0. The number of carboxylic acids is 1. The van der Waals surface area contributed by atoms with E-state index in [1.807, 2.05) is 60.7 Å². The number of aromatic amines is 1. The van der Waals surface area contributed by atoms with Gasteiger partial charge in [0.05, 0.1) is 6.42 Å². The molecule has 110 valence electrons. The zero-order chi connectivity index (χ0) is 14.2. The van der Waals surface area contributed by atoms with E-state index in [-0.39, 0.29) is 23.5 Å². The van der Waals surface area contributed by atoms with Crippen LogP contribution in [0.4, 0.5) is 0 Å². The first-order chi connectivity index (χ1) is 9.75. The molecule has 0 radical (unpaired) electrons. The number of aliphatic carboxylic acids is 1. The zero-order valence-corrected chi connectivity index (χ0v) is 12.4. The third-order valence-corrected chi connectivity index (χ3v) is 2.76. The Morgan fingerprint density at radius 1 is 1.24 bits per heavy atom. The molecule has 0 amide bonds. The number of carboxylic acid groups (broad SMARTS) is 1. The summed E-state index contributed by atoms with van der Waals surface area (Å²) in [6.07, 6.45) is 0.581. The maximum absolute atomic E-state index is 10.4. The predicted molar refractivity (Wildman–Crippen MR) is 77.6 cm³/mol. The van der Waals surface area contributed by atoms with Gasteiger partial charge in [-0.25, -0.2) is 12.1 Å². The van der Waals surface area contributed by atoms with E-state index in [1.54, 1.807) is 0 Å². The van der Waals surface area contributed by atoms with E-state index in [2.05, 4.69) is 10.2 Å². The first-order valence-corrected chi connectivity index (χ1v) is 6.40. The Kier molecular flexibility index (Phi) is 7.22. The fraction of sp³-hybridized carbons (Fsp3) is 0.125. The molecule has 3 rings (SSSR count). The van der Waals surface area contributed by atoms with Crippen LogP contribution < -0.4 is 0 Å². The van der Waals surface area contributed by atoms with E-state index in [0.29, 0.717) is 6.42 Å². The Bertz CT molecular complexity index is 595. The zero-order valence-electron chi connectivity index (χ0n) is 11.3. The van der Waals surface area contributed by atoms with E-state index < -0.39 is 5.97 Å². The summed E-state index contributed by atoms with van der Waals surface area (Å²) in [6, 6.07) is 19.8. The topological polar surface area (TPSA) is 66.0 Å². The number of hydrogen-bond donors (Lipinski definition) is 2. The quantitative estimate of drug-likeness (QED) is 0.572. The number of H-pyrrole nitrogens is 1. The van der Waals surface area contributed by atoms with Gasteiger partial charge in [-0.2, -0.15) is 35.4 Å². The molecule has 0 spiro atoms. The van der Waals surface area contributed by atoms with Crippen molar-refractivity contribution in [3.8, 4) is 11.3 Å². The standard InChI is InChI=1S/C11H11N2O2.C5H5.Fe/c14-11(15)6-5-9-7-10(13-12-9)8-3-1-2-4-8;1-2-4-5-3-1;/h1-4,7H,5-6H2,(H,12,13)(H,14,15);1-5H;/q2*-1;+2. The van der Waals surface area contributed by atoms with Gasteiger partial charge in [0.15, 0.2) is 0 Å². The van der Waals surface area contributed by atoms with Crippen molar-refractivity contribution in [3.05, 3.63) is 66.4 Å². The molecule has 0 atom stereocenters. The second-order valence-corrected chi connectivity index (χ2v) is 4.30. The van der Waals surface area contributed by atoms with Crippen LogP contribution in [-0.2, 0) is 28.3 Å². The molecule has 0 fully saturated rings. The van der Waals surface area contributed by atoms with Gasteiger partial charge in [-0.15, -0.1) is 12.1 Å². The van der Waals surface area contributed by atoms with Crippen LogP contribution in [-0.4, -0.2) is 21.3 Å². The van der Waals surface area contributed by atoms with Crippen molar-refractivity contribution >= 4 is 5.97 Å². The van der Waals surface area contributed by atoms with Crippen molar-refractivity contribution in [2.45, 2.75) is 12.8 Å². The second-order valence-electron chi connectivity index (χ2n) is 4.30. The van der Waals surface area contributed by atoms with Gasteiger partial charge in [-0.1, -0.05) is 11.6 Å². The fourth-order valence-corrected chi connectivity index (χ4v) is 1.75. The van der Waals surface area contributed by atoms with E-state index in [9.17, 15) is 4.79 Å². The Balaban J connectivity index is 0.000000313. The molecular weight excluding hydrogens is 308 g/mol. The number of carbonyl (C=O) groups is 1. The Morgan fingerprint density at radius 2 is 1.90 bits per heavy atom. The number of hydrogen-bond acceptors (Lipinski definition) is 2. The SMILES string of the molecule is O=C(O)CCc1cc(-[c-]2cccc2)[nH]n1.[Fe+2].c1cc[cH-]c1. The Hall–Kier alpha value is -2.10. The number of aromatic nitrogens is 2. The minimum Gasteiger partial charge on any atom is -0.481 e. The van der Waals surface area contributed by atoms with Crippen LogP contribution in [0, 0.1) is 0 Å². The summed E-state index contributed by atoms with van der Waals surface area (Å²) in [5, 5.41) is 15.5. The molecule has 21 heavy (non-hydrogen) atoms. The van der Waals surface area contributed by atoms with Crippen molar-refractivity contribution in [1.29, 1.82) is 0 Å². The van der Waals surface area contributed by atoms with Gasteiger partial charge in [0, 0.05) is 5.69 Å². The van der Waals surface area contributed by atoms with Crippen molar-refractivity contribution < 1.29 is 27.0 Å². The molecule has 2 aromatic carbocycles. The molecule has 5 heteroatoms. The Labute approximate surface area is 134 Å². The van der Waals surface area contributed by atoms with Crippen LogP contribution in [0.1, 0.15) is 12.1 Å². The van der Waals surface area contributed by atoms with Crippen molar-refractivity contribution in [1.82, 2.24) is 10.2 Å². The van der Waals surface area contributed by atoms with Gasteiger partial charge in [-0.05, 0) is 12.1 Å². The van der Waals surface area contributed by atoms with Crippen LogP contribution in [0.25, 0.3) is 11.3 Å². The molecule has 0 bridgehead atoms. The number of aryl methyl sites for hydroxylation is 1. The molecular formula is C16H16FeN2O2. The van der Waals surface area contributed by atoms with Gasteiger partial charge in [0.2, 0.25) is 0 Å². The monoisotopic (exact) mass is 324 g/mol. The summed E-state index contributed by atoms with van der Waals surface area (Å²) in [7, 11) is 0. The third-order valence-electron chi connectivity index (χ3n) is 2.76. The molecule has 4 nitrogen and oxygen atoms in total. The van der Waals surface area contributed by atoms with Crippen molar-refractivity contribution in [2.75, 3.05) is 0 Å². The van der Waals surface area contributed by atoms with Crippen LogP contribution in [0.5, 0.6) is 0 Å². The maximum atomic E-state index is 10.4. The van der Waals surface area contributed by atoms with Crippen LogP contribution in [0.15, 0.2) is 60.7 Å². The predicted octanol–water partition coefficient (Wildman–Crippen LogP) is 3.22. The van der Waals surface area contributed by atoms with E-state index >= 15 is 0 Å². The second kappa shape index (κ2) is 8.95. The van der Waals surface area contributed by atoms with E-state index in [4.69, 9.17) is 5.11 Å². The smallest absolute Gasteiger partial charge is 0.481 e. The molecule has 0 saturated heterocycles. The molecule has 1 heterocycles. The maximum Gasteiger partial charge on any atom is 2.00 e. The summed E-state index contributed by atoms with van der Waals surface area (Å²) >= 11 is 0. The number of rotatable bonds is 4. The largest absolute Gasteiger partial charge is 2.00 e. The number of nitrogens with one attached hydrogen (secondary N) is 1. The summed E-state index contributed by atoms with van der Waals surface area (Å²) in [5.74, 6) is -0.798. The molecule has 3 aromatic rings. The fourth-order valence-electron chi connectivity index (χ4n) is 1.75. The van der Waals surface area contributed by atoms with Gasteiger partial charge in [0.1, 0.15) is 0 Å². The first-order valence-electron chi connectivity index (χ1n) is 6.40. The molecule has 0 saturated carbocycles. The normalized spacial score (nSPS) is 9.33. The minimum atomic E-state index is -0.798. The molecule has 0 aliphatic heterocycles. The van der Waals surface area contributed by atoms with Crippen molar-refractivity contribution in [2.24, 2.45) is 0 Å². The van der Waals surface area contributed by atoms with Gasteiger partial charge in [0.25, 0.3) is 0 Å². The van der Waals surface area contributed by atoms with Crippen LogP contribution >= 0.6 is 0 Å². The summed E-state index contributed by atoms with van der Waals surface area (Å²) < 4.78 is 0. The number of nitrogens with zero attached hydrogens (tertiary/aromatic N) is 1. The van der Waals surface area contributed by atoms with Crippen molar-refractivity contribution in [3.63, 3.8) is 0 Å². The van der Waals surface area contributed by atoms with Gasteiger partial charge < -0.3 is 5.11 Å². The van der Waals surface area contributed by atoms with Gasteiger partial charge >= 0.3 is 23.0 Å².